The van der Waals surface area contributed by atoms with Crippen LogP contribution in [0, 0.1) is 6.92 Å². The van der Waals surface area contributed by atoms with Crippen molar-refractivity contribution in [1.82, 2.24) is 9.80 Å². The lowest BCUT2D eigenvalue weighted by atomic mass is 9.93. The molecule has 1 aliphatic heterocycles. The number of likely N-dealkylation sites (N-methyl/N-ethyl adjacent to an activating group) is 1. The van der Waals surface area contributed by atoms with E-state index in [1.807, 2.05) is 20.8 Å². The maximum atomic E-state index is 13.4. The standard InChI is InChI=1S/C28H36N2O7/c1-8-29(9-2)12-13-30-24(18-15-21(35-5)27(37-7)22(16-18)36-6)23(26(32)28(30)33)25(31)20-11-10-19(34-4)14-17(20)3/h10-11,14-16,24,31H,8-9,12-13H2,1-7H3/t24-/m1/s1. The Morgan fingerprint density at radius 2 is 1.57 bits per heavy atom. The van der Waals surface area contributed by atoms with Crippen molar-refractivity contribution in [3.05, 3.63) is 52.6 Å². The van der Waals surface area contributed by atoms with Crippen molar-refractivity contribution in [1.29, 1.82) is 0 Å². The number of carbonyl (C=O) groups excluding carboxylic acids is 2. The van der Waals surface area contributed by atoms with Crippen molar-refractivity contribution in [3.8, 4) is 23.0 Å². The van der Waals surface area contributed by atoms with E-state index in [0.29, 0.717) is 52.8 Å². The summed E-state index contributed by atoms with van der Waals surface area (Å²) >= 11 is 0. The first-order chi connectivity index (χ1) is 17.8. The van der Waals surface area contributed by atoms with E-state index >= 15 is 0 Å². The molecule has 0 aromatic heterocycles. The van der Waals surface area contributed by atoms with Gasteiger partial charge in [0.2, 0.25) is 5.75 Å². The van der Waals surface area contributed by atoms with Gasteiger partial charge in [0.05, 0.1) is 40.1 Å². The smallest absolute Gasteiger partial charge is 0.295 e. The van der Waals surface area contributed by atoms with E-state index in [2.05, 4.69) is 4.90 Å². The van der Waals surface area contributed by atoms with Crippen LogP contribution in [0.1, 0.15) is 36.6 Å². The molecule has 3 rings (SSSR count). The van der Waals surface area contributed by atoms with Crippen molar-refractivity contribution >= 4 is 17.4 Å². The number of hydrogen-bond donors (Lipinski definition) is 1. The fraction of sp³-hybridized carbons (Fsp3) is 0.429. The monoisotopic (exact) mass is 512 g/mol. The van der Waals surface area contributed by atoms with Gasteiger partial charge in [0.15, 0.2) is 11.5 Å². The SMILES string of the molecule is CCN(CC)CCN1C(=O)C(=O)C(=C(O)c2ccc(OC)cc2C)[C@H]1c1cc(OC)c(OC)c(OC)c1. The largest absolute Gasteiger partial charge is 0.507 e. The van der Waals surface area contributed by atoms with Gasteiger partial charge >= 0.3 is 0 Å². The van der Waals surface area contributed by atoms with Gasteiger partial charge in [-0.25, -0.2) is 0 Å². The number of aryl methyl sites for hydroxylation is 1. The van der Waals surface area contributed by atoms with Gasteiger partial charge in [-0.1, -0.05) is 13.8 Å². The lowest BCUT2D eigenvalue weighted by molar-refractivity contribution is -0.140. The zero-order valence-electron chi connectivity index (χ0n) is 22.6. The molecule has 0 aliphatic carbocycles. The summed E-state index contributed by atoms with van der Waals surface area (Å²) in [6.45, 7) is 8.37. The Labute approximate surface area is 218 Å². The van der Waals surface area contributed by atoms with Gasteiger partial charge in [0, 0.05) is 18.7 Å². The highest BCUT2D eigenvalue weighted by Crippen LogP contribution is 2.46. The first-order valence-corrected chi connectivity index (χ1v) is 12.2. The number of nitrogens with zero attached hydrogens (tertiary/aromatic N) is 2. The van der Waals surface area contributed by atoms with Crippen LogP contribution in [0.15, 0.2) is 35.9 Å². The number of carbonyl (C=O) groups is 2. The number of benzene rings is 2. The molecule has 9 heteroatoms. The van der Waals surface area contributed by atoms with E-state index in [9.17, 15) is 14.7 Å². The molecule has 1 N–H and O–H groups in total. The molecule has 0 radical (unpaired) electrons. The molecule has 1 amide bonds. The maximum Gasteiger partial charge on any atom is 0.295 e. The second-order valence-corrected chi connectivity index (χ2v) is 8.66. The van der Waals surface area contributed by atoms with E-state index in [1.165, 1.54) is 26.2 Å². The summed E-state index contributed by atoms with van der Waals surface area (Å²) in [5.74, 6) is 0.112. The highest BCUT2D eigenvalue weighted by atomic mass is 16.5. The quantitative estimate of drug-likeness (QED) is 0.276. The summed E-state index contributed by atoms with van der Waals surface area (Å²) in [5, 5.41) is 11.5. The minimum Gasteiger partial charge on any atom is -0.507 e. The molecule has 1 fully saturated rings. The molecular formula is C28H36N2O7. The predicted octanol–water partition coefficient (Wildman–Crippen LogP) is 3.79. The molecule has 9 nitrogen and oxygen atoms in total. The number of ketones is 1. The number of ether oxygens (including phenoxy) is 4. The van der Waals surface area contributed by atoms with Crippen LogP contribution in [0.3, 0.4) is 0 Å². The highest BCUT2D eigenvalue weighted by Gasteiger charge is 2.46. The molecule has 1 aliphatic rings. The summed E-state index contributed by atoms with van der Waals surface area (Å²) < 4.78 is 21.8. The number of hydrogen-bond acceptors (Lipinski definition) is 8. The molecule has 1 atom stereocenters. The second-order valence-electron chi connectivity index (χ2n) is 8.66. The van der Waals surface area contributed by atoms with Crippen LogP contribution in [0.2, 0.25) is 0 Å². The summed E-state index contributed by atoms with van der Waals surface area (Å²) in [6.07, 6.45) is 0. The van der Waals surface area contributed by atoms with Gasteiger partial charge in [-0.3, -0.25) is 9.59 Å². The Kier molecular flexibility index (Phi) is 9.04. The third-order valence-electron chi connectivity index (χ3n) is 6.78. The maximum absolute atomic E-state index is 13.4. The van der Waals surface area contributed by atoms with Crippen molar-refractivity contribution < 1.29 is 33.6 Å². The third kappa shape index (κ3) is 5.36. The molecule has 0 unspecified atom stereocenters. The zero-order valence-corrected chi connectivity index (χ0v) is 22.6. The van der Waals surface area contributed by atoms with Gasteiger partial charge in [-0.05, 0) is 61.5 Å². The predicted molar refractivity (Wildman–Crippen MR) is 141 cm³/mol. The van der Waals surface area contributed by atoms with Crippen molar-refractivity contribution in [3.63, 3.8) is 0 Å². The van der Waals surface area contributed by atoms with E-state index < -0.39 is 17.7 Å². The Morgan fingerprint density at radius 1 is 0.946 bits per heavy atom. The molecule has 2 aromatic carbocycles. The minimum atomic E-state index is -0.856. The summed E-state index contributed by atoms with van der Waals surface area (Å²) in [7, 11) is 6.06. The molecular weight excluding hydrogens is 476 g/mol. The summed E-state index contributed by atoms with van der Waals surface area (Å²) in [6, 6.07) is 7.70. The fourth-order valence-electron chi connectivity index (χ4n) is 4.68. The van der Waals surface area contributed by atoms with Crippen LogP contribution in [0.25, 0.3) is 5.76 Å². The molecule has 200 valence electrons. The molecule has 2 aromatic rings. The average molecular weight is 513 g/mol. The second kappa shape index (κ2) is 12.0. The van der Waals surface area contributed by atoms with E-state index in [0.717, 1.165) is 13.1 Å². The van der Waals surface area contributed by atoms with E-state index in [4.69, 9.17) is 18.9 Å². The van der Waals surface area contributed by atoms with Crippen molar-refractivity contribution in [2.45, 2.75) is 26.8 Å². The summed E-state index contributed by atoms with van der Waals surface area (Å²) in [4.78, 5) is 30.4. The van der Waals surface area contributed by atoms with Crippen LogP contribution in [0.4, 0.5) is 0 Å². The van der Waals surface area contributed by atoms with Gasteiger partial charge < -0.3 is 33.9 Å². The number of likely N-dealkylation sites (tertiary alicyclic amines) is 1. The molecule has 1 saturated heterocycles. The van der Waals surface area contributed by atoms with Crippen LogP contribution in [0.5, 0.6) is 23.0 Å². The number of amides is 1. The van der Waals surface area contributed by atoms with E-state index in [-0.39, 0.29) is 11.3 Å². The van der Waals surface area contributed by atoms with Gasteiger partial charge in [-0.2, -0.15) is 0 Å². The first kappa shape index (κ1) is 27.9. The Balaban J connectivity index is 2.25. The zero-order chi connectivity index (χ0) is 27.3. The van der Waals surface area contributed by atoms with Gasteiger partial charge in [0.25, 0.3) is 11.7 Å². The third-order valence-corrected chi connectivity index (χ3v) is 6.78. The Bertz CT molecular complexity index is 1160. The lowest BCUT2D eigenvalue weighted by Gasteiger charge is -2.29. The van der Waals surface area contributed by atoms with Crippen LogP contribution >= 0.6 is 0 Å². The molecule has 0 bridgehead atoms. The number of methoxy groups -OCH3 is 4. The normalized spacial score (nSPS) is 16.9. The van der Waals surface area contributed by atoms with Crippen LogP contribution in [-0.2, 0) is 9.59 Å². The Hall–Kier alpha value is -3.72. The molecule has 37 heavy (non-hydrogen) atoms. The number of aliphatic hydroxyl groups is 1. The first-order valence-electron chi connectivity index (χ1n) is 12.2. The van der Waals surface area contributed by atoms with E-state index in [1.54, 1.807) is 37.4 Å². The average Bonchev–Trinajstić information content (AvgIpc) is 3.17. The van der Waals surface area contributed by atoms with Crippen molar-refractivity contribution in [2.75, 3.05) is 54.6 Å². The number of rotatable bonds is 11. The fourth-order valence-corrected chi connectivity index (χ4v) is 4.68. The van der Waals surface area contributed by atoms with Crippen molar-refractivity contribution in [2.24, 2.45) is 0 Å². The van der Waals surface area contributed by atoms with Gasteiger partial charge in [0.1, 0.15) is 11.5 Å². The lowest BCUT2D eigenvalue weighted by Crippen LogP contribution is -2.38. The number of Topliss-reactive ketones (excluding diaryl/α,β-unsaturated/α-hetero) is 1. The summed E-state index contributed by atoms with van der Waals surface area (Å²) in [5.41, 5.74) is 1.71. The van der Waals surface area contributed by atoms with Crippen LogP contribution in [-0.4, -0.2) is 81.2 Å². The number of aliphatic hydroxyl groups excluding tert-OH is 1. The molecule has 1 heterocycles. The minimum absolute atomic E-state index is 0.00656. The Morgan fingerprint density at radius 3 is 2.05 bits per heavy atom. The van der Waals surface area contributed by atoms with Crippen LogP contribution < -0.4 is 18.9 Å². The molecule has 0 spiro atoms. The topological polar surface area (TPSA) is 97.8 Å². The molecule has 0 saturated carbocycles. The highest BCUT2D eigenvalue weighted by molar-refractivity contribution is 6.46. The van der Waals surface area contributed by atoms with Gasteiger partial charge in [-0.15, -0.1) is 0 Å².